The molecule has 0 heterocycles. The minimum Gasteiger partial charge on any atom is -0.382 e. The second kappa shape index (κ2) is 3.66. The van der Waals surface area contributed by atoms with Crippen LogP contribution in [0.25, 0.3) is 0 Å². The number of anilines is 2. The summed E-state index contributed by atoms with van der Waals surface area (Å²) in [5, 5.41) is 17.1. The minimum atomic E-state index is -0.347. The van der Waals surface area contributed by atoms with Gasteiger partial charge in [0.15, 0.2) is 0 Å². The average molecular weight is 221 g/mol. The molecule has 0 bridgehead atoms. The highest BCUT2D eigenvalue weighted by molar-refractivity contribution is 5.76. The summed E-state index contributed by atoms with van der Waals surface area (Å²) in [6, 6.07) is 5.27. The van der Waals surface area contributed by atoms with Gasteiger partial charge in [0.2, 0.25) is 0 Å². The number of benzene rings is 1. The van der Waals surface area contributed by atoms with Crippen LogP contribution in [0, 0.1) is 10.1 Å². The van der Waals surface area contributed by atoms with Gasteiger partial charge in [-0.1, -0.05) is 6.07 Å². The van der Waals surface area contributed by atoms with Gasteiger partial charge in [0, 0.05) is 12.6 Å². The van der Waals surface area contributed by atoms with Gasteiger partial charge in [-0.3, -0.25) is 10.1 Å². The molecule has 1 aliphatic rings. The first-order valence-corrected chi connectivity index (χ1v) is 5.29. The van der Waals surface area contributed by atoms with E-state index in [4.69, 9.17) is 0 Å². The predicted octanol–water partition coefficient (Wildman–Crippen LogP) is 2.60. The number of nitrogens with zero attached hydrogens (tertiary/aromatic N) is 1. The molecule has 2 N–H and O–H groups in total. The lowest BCUT2D eigenvalue weighted by Gasteiger charge is -2.14. The van der Waals surface area contributed by atoms with E-state index in [9.17, 15) is 10.1 Å². The molecule has 5 heteroatoms. The molecule has 16 heavy (non-hydrogen) atoms. The maximum atomic E-state index is 11.0. The Morgan fingerprint density at radius 1 is 1.38 bits per heavy atom. The van der Waals surface area contributed by atoms with Crippen LogP contribution < -0.4 is 10.6 Å². The fourth-order valence-electron chi connectivity index (χ4n) is 1.68. The van der Waals surface area contributed by atoms with Gasteiger partial charge in [0.1, 0.15) is 11.4 Å². The molecule has 0 saturated heterocycles. The van der Waals surface area contributed by atoms with Gasteiger partial charge in [0.05, 0.1) is 4.92 Å². The predicted molar refractivity (Wildman–Crippen MR) is 63.9 cm³/mol. The van der Waals surface area contributed by atoms with Crippen LogP contribution >= 0.6 is 0 Å². The van der Waals surface area contributed by atoms with Crippen LogP contribution in [0.2, 0.25) is 0 Å². The number of nitro groups is 1. The summed E-state index contributed by atoms with van der Waals surface area (Å²) in [4.78, 5) is 10.7. The second-order valence-electron chi connectivity index (χ2n) is 4.39. The van der Waals surface area contributed by atoms with Gasteiger partial charge < -0.3 is 10.6 Å². The Kier molecular flexibility index (Phi) is 2.46. The van der Waals surface area contributed by atoms with Crippen LogP contribution in [0.15, 0.2) is 18.2 Å². The average Bonchev–Trinajstić information content (AvgIpc) is 2.95. The lowest BCUT2D eigenvalue weighted by atomic mass is 10.2. The van der Waals surface area contributed by atoms with Crippen molar-refractivity contribution in [1.29, 1.82) is 0 Å². The summed E-state index contributed by atoms with van der Waals surface area (Å²) in [6.45, 7) is 2.07. The van der Waals surface area contributed by atoms with E-state index in [0.717, 1.165) is 12.8 Å². The zero-order valence-corrected chi connectivity index (χ0v) is 9.41. The van der Waals surface area contributed by atoms with Gasteiger partial charge in [-0.2, -0.15) is 0 Å². The number of hydrogen-bond donors (Lipinski definition) is 2. The minimum absolute atomic E-state index is 0.0388. The first kappa shape index (κ1) is 10.7. The maximum Gasteiger partial charge on any atom is 0.315 e. The summed E-state index contributed by atoms with van der Waals surface area (Å²) >= 11 is 0. The van der Waals surface area contributed by atoms with Crippen molar-refractivity contribution in [2.45, 2.75) is 25.3 Å². The standard InChI is InChI=1S/C11H15N3O2/c1-11(6-7-11)13-9-5-3-4-8(12-2)10(9)14(15)16/h3-5,12-13H,6-7H2,1-2H3. The molecule has 5 nitrogen and oxygen atoms in total. The molecule has 1 saturated carbocycles. The molecule has 1 aromatic rings. The van der Waals surface area contributed by atoms with Gasteiger partial charge in [-0.05, 0) is 31.9 Å². The van der Waals surface area contributed by atoms with E-state index in [1.807, 2.05) is 6.07 Å². The quantitative estimate of drug-likeness (QED) is 0.605. The fraction of sp³-hybridized carbons (Fsp3) is 0.455. The molecular formula is C11H15N3O2. The number of rotatable bonds is 4. The number of hydrogen-bond acceptors (Lipinski definition) is 4. The molecule has 0 aromatic heterocycles. The highest BCUT2D eigenvalue weighted by Crippen LogP contribution is 2.42. The van der Waals surface area contributed by atoms with Crippen molar-refractivity contribution in [1.82, 2.24) is 0 Å². The largest absolute Gasteiger partial charge is 0.382 e. The maximum absolute atomic E-state index is 11.0. The Labute approximate surface area is 94.0 Å². The third-order valence-corrected chi connectivity index (χ3v) is 2.92. The van der Waals surface area contributed by atoms with Crippen LogP contribution in [0.5, 0.6) is 0 Å². The van der Waals surface area contributed by atoms with Gasteiger partial charge in [-0.25, -0.2) is 0 Å². The number of nitro benzene ring substituents is 1. The van der Waals surface area contributed by atoms with E-state index in [1.54, 1.807) is 19.2 Å². The summed E-state index contributed by atoms with van der Waals surface area (Å²) in [5.41, 5.74) is 1.30. The SMILES string of the molecule is CNc1cccc(NC2(C)CC2)c1[N+](=O)[O-]. The van der Waals surface area contributed by atoms with Crippen molar-refractivity contribution in [2.24, 2.45) is 0 Å². The molecule has 0 aliphatic heterocycles. The van der Waals surface area contributed by atoms with Crippen molar-refractivity contribution in [3.8, 4) is 0 Å². The van der Waals surface area contributed by atoms with E-state index in [2.05, 4.69) is 17.6 Å². The van der Waals surface area contributed by atoms with Crippen molar-refractivity contribution < 1.29 is 4.92 Å². The monoisotopic (exact) mass is 221 g/mol. The lowest BCUT2D eigenvalue weighted by molar-refractivity contribution is -0.383. The highest BCUT2D eigenvalue weighted by Gasteiger charge is 2.38. The summed E-state index contributed by atoms with van der Waals surface area (Å²) in [5.74, 6) is 0. The Morgan fingerprint density at radius 2 is 2.00 bits per heavy atom. The Morgan fingerprint density at radius 3 is 2.50 bits per heavy atom. The Hall–Kier alpha value is -1.78. The van der Waals surface area contributed by atoms with Gasteiger partial charge in [-0.15, -0.1) is 0 Å². The molecule has 2 rings (SSSR count). The summed E-state index contributed by atoms with van der Waals surface area (Å²) in [7, 11) is 1.69. The van der Waals surface area contributed by atoms with E-state index >= 15 is 0 Å². The van der Waals surface area contributed by atoms with Crippen LogP contribution in [0.1, 0.15) is 19.8 Å². The van der Waals surface area contributed by atoms with E-state index < -0.39 is 0 Å². The van der Waals surface area contributed by atoms with Crippen LogP contribution in [-0.4, -0.2) is 17.5 Å². The molecule has 0 atom stereocenters. The third-order valence-electron chi connectivity index (χ3n) is 2.92. The van der Waals surface area contributed by atoms with Gasteiger partial charge in [0.25, 0.3) is 0 Å². The Bertz CT molecular complexity index is 427. The molecule has 1 aliphatic carbocycles. The molecule has 0 amide bonds. The van der Waals surface area contributed by atoms with Crippen molar-refractivity contribution in [2.75, 3.05) is 17.7 Å². The first-order valence-electron chi connectivity index (χ1n) is 5.29. The topological polar surface area (TPSA) is 67.2 Å². The normalized spacial score (nSPS) is 16.6. The highest BCUT2D eigenvalue weighted by atomic mass is 16.6. The molecule has 0 spiro atoms. The molecule has 1 fully saturated rings. The first-order chi connectivity index (χ1) is 7.56. The Balaban J connectivity index is 2.39. The molecule has 1 aromatic carbocycles. The van der Waals surface area contributed by atoms with E-state index in [-0.39, 0.29) is 16.1 Å². The van der Waals surface area contributed by atoms with E-state index in [1.165, 1.54) is 0 Å². The summed E-state index contributed by atoms with van der Waals surface area (Å²) < 4.78 is 0. The zero-order chi connectivity index (χ0) is 11.8. The molecule has 86 valence electrons. The lowest BCUT2D eigenvalue weighted by Crippen LogP contribution is -2.17. The molecular weight excluding hydrogens is 206 g/mol. The van der Waals surface area contributed by atoms with E-state index in [0.29, 0.717) is 11.4 Å². The second-order valence-corrected chi connectivity index (χ2v) is 4.39. The third kappa shape index (κ3) is 1.93. The van der Waals surface area contributed by atoms with Gasteiger partial charge >= 0.3 is 5.69 Å². The van der Waals surface area contributed by atoms with Crippen molar-refractivity contribution in [3.05, 3.63) is 28.3 Å². The van der Waals surface area contributed by atoms with Crippen LogP contribution in [0.3, 0.4) is 0 Å². The zero-order valence-electron chi connectivity index (χ0n) is 9.41. The molecule has 0 unspecified atom stereocenters. The van der Waals surface area contributed by atoms with Crippen LogP contribution in [-0.2, 0) is 0 Å². The van der Waals surface area contributed by atoms with Crippen molar-refractivity contribution >= 4 is 17.1 Å². The van der Waals surface area contributed by atoms with Crippen LogP contribution in [0.4, 0.5) is 17.1 Å². The van der Waals surface area contributed by atoms with Crippen molar-refractivity contribution in [3.63, 3.8) is 0 Å². The smallest absolute Gasteiger partial charge is 0.315 e. The summed E-state index contributed by atoms with van der Waals surface area (Å²) in [6.07, 6.45) is 2.13. The number of para-hydroxylation sites is 1. The number of nitrogens with one attached hydrogen (secondary N) is 2. The molecule has 0 radical (unpaired) electrons. The fourth-order valence-corrected chi connectivity index (χ4v) is 1.68.